The van der Waals surface area contributed by atoms with Crippen molar-refractivity contribution in [1.29, 1.82) is 0 Å². The van der Waals surface area contributed by atoms with Crippen LogP contribution in [0.3, 0.4) is 0 Å². The number of nitrogens with zero attached hydrogens (tertiary/aromatic N) is 2. The van der Waals surface area contributed by atoms with Crippen LogP contribution in [0.25, 0.3) is 0 Å². The number of amides is 1. The number of carbonyl (C=O) groups excluding carboxylic acids is 1. The largest absolute Gasteiger partial charge is 0.333 e. The highest BCUT2D eigenvalue weighted by molar-refractivity contribution is 7.09. The molecule has 3 rings (SSSR count). The zero-order valence-corrected chi connectivity index (χ0v) is 13.1. The van der Waals surface area contributed by atoms with E-state index in [2.05, 4.69) is 28.2 Å². The van der Waals surface area contributed by atoms with E-state index in [-0.39, 0.29) is 5.91 Å². The average molecular weight is 305 g/mol. The molecule has 114 valence electrons. The van der Waals surface area contributed by atoms with Crippen LogP contribution in [0.2, 0.25) is 0 Å². The van der Waals surface area contributed by atoms with Gasteiger partial charge in [0.2, 0.25) is 5.91 Å². The van der Waals surface area contributed by atoms with E-state index in [0.717, 1.165) is 38.0 Å². The lowest BCUT2D eigenvalue weighted by molar-refractivity contribution is -0.132. The van der Waals surface area contributed by atoms with E-state index >= 15 is 0 Å². The summed E-state index contributed by atoms with van der Waals surface area (Å²) in [6.07, 6.45) is 1.81. The molecule has 2 aliphatic rings. The molecular weight excluding hydrogens is 282 g/mol. The van der Waals surface area contributed by atoms with Crippen LogP contribution in [0.15, 0.2) is 30.2 Å². The maximum atomic E-state index is 12.6. The molecule has 0 radical (unpaired) electrons. The van der Waals surface area contributed by atoms with Crippen LogP contribution in [-0.2, 0) is 11.3 Å². The van der Waals surface area contributed by atoms with Gasteiger partial charge in [-0.3, -0.25) is 9.69 Å². The second kappa shape index (κ2) is 6.73. The van der Waals surface area contributed by atoms with Gasteiger partial charge in [-0.05, 0) is 36.4 Å². The van der Waals surface area contributed by atoms with Gasteiger partial charge in [0.15, 0.2) is 0 Å². The summed E-state index contributed by atoms with van der Waals surface area (Å²) in [6, 6.07) is 4.12. The number of rotatable bonds is 6. The van der Waals surface area contributed by atoms with Crippen LogP contribution in [0.1, 0.15) is 4.88 Å². The molecule has 2 atom stereocenters. The first-order valence-corrected chi connectivity index (χ1v) is 8.48. The van der Waals surface area contributed by atoms with Gasteiger partial charge < -0.3 is 10.2 Å². The minimum atomic E-state index is 0.219. The molecule has 2 saturated heterocycles. The Labute approximate surface area is 130 Å². The first kappa shape index (κ1) is 14.8. The molecule has 0 aliphatic carbocycles. The summed E-state index contributed by atoms with van der Waals surface area (Å²) in [7, 11) is 0. The van der Waals surface area contributed by atoms with Gasteiger partial charge in [-0.25, -0.2) is 0 Å². The third kappa shape index (κ3) is 3.54. The number of hydrogen-bond acceptors (Lipinski definition) is 4. The predicted octanol–water partition coefficient (Wildman–Crippen LogP) is 1.41. The zero-order valence-electron chi connectivity index (χ0n) is 12.3. The highest BCUT2D eigenvalue weighted by atomic mass is 32.1. The Morgan fingerprint density at radius 2 is 2.24 bits per heavy atom. The third-order valence-electron chi connectivity index (χ3n) is 4.45. The number of likely N-dealkylation sites (tertiary alicyclic amines) is 1. The van der Waals surface area contributed by atoms with Crippen molar-refractivity contribution >= 4 is 17.2 Å². The fraction of sp³-hybridized carbons (Fsp3) is 0.562. The van der Waals surface area contributed by atoms with Crippen LogP contribution in [0, 0.1) is 11.8 Å². The zero-order chi connectivity index (χ0) is 14.7. The number of hydrogen-bond donors (Lipinski definition) is 1. The lowest BCUT2D eigenvalue weighted by Crippen LogP contribution is -2.40. The van der Waals surface area contributed by atoms with Crippen molar-refractivity contribution in [3.05, 3.63) is 35.0 Å². The van der Waals surface area contributed by atoms with Gasteiger partial charge in [-0.1, -0.05) is 12.1 Å². The Balaban J connectivity index is 1.55. The third-order valence-corrected chi connectivity index (χ3v) is 5.31. The molecule has 0 saturated carbocycles. The lowest BCUT2D eigenvalue weighted by Gasteiger charge is -2.24. The van der Waals surface area contributed by atoms with Crippen molar-refractivity contribution in [2.45, 2.75) is 6.54 Å². The van der Waals surface area contributed by atoms with Gasteiger partial charge in [0.25, 0.3) is 0 Å². The number of carbonyl (C=O) groups is 1. The molecule has 0 bridgehead atoms. The SMILES string of the molecule is C=CCN(Cc1cccs1)C(=O)CN1C[C@H]2CNC[C@H]2C1. The second-order valence-corrected chi connectivity index (χ2v) is 7.05. The van der Waals surface area contributed by atoms with E-state index in [1.807, 2.05) is 17.0 Å². The molecule has 2 fully saturated rings. The average Bonchev–Trinajstić information content (AvgIpc) is 3.14. The molecule has 0 aromatic carbocycles. The van der Waals surface area contributed by atoms with Gasteiger partial charge >= 0.3 is 0 Å². The molecular formula is C16H23N3OS. The monoisotopic (exact) mass is 305 g/mol. The van der Waals surface area contributed by atoms with Gasteiger partial charge in [-0.15, -0.1) is 17.9 Å². The predicted molar refractivity (Wildman–Crippen MR) is 86.2 cm³/mol. The summed E-state index contributed by atoms with van der Waals surface area (Å²) in [4.78, 5) is 18.0. The molecule has 1 amide bonds. The van der Waals surface area contributed by atoms with Crippen molar-refractivity contribution < 1.29 is 4.79 Å². The highest BCUT2D eigenvalue weighted by Crippen LogP contribution is 2.26. The van der Waals surface area contributed by atoms with E-state index in [9.17, 15) is 4.79 Å². The first-order valence-electron chi connectivity index (χ1n) is 7.60. The van der Waals surface area contributed by atoms with Crippen LogP contribution in [0.5, 0.6) is 0 Å². The summed E-state index contributed by atoms with van der Waals surface area (Å²) in [5.74, 6) is 1.70. The molecule has 4 nitrogen and oxygen atoms in total. The van der Waals surface area contributed by atoms with Crippen molar-refractivity contribution in [2.24, 2.45) is 11.8 Å². The Morgan fingerprint density at radius 1 is 1.48 bits per heavy atom. The summed E-state index contributed by atoms with van der Waals surface area (Å²) < 4.78 is 0. The van der Waals surface area contributed by atoms with Gasteiger partial charge in [0.05, 0.1) is 13.1 Å². The Kier molecular flexibility index (Phi) is 4.73. The van der Waals surface area contributed by atoms with Gasteiger partial charge in [-0.2, -0.15) is 0 Å². The molecule has 1 aromatic heterocycles. The molecule has 2 aliphatic heterocycles. The first-order chi connectivity index (χ1) is 10.3. The number of thiophene rings is 1. The van der Waals surface area contributed by atoms with Crippen LogP contribution in [-0.4, -0.2) is 55.0 Å². The van der Waals surface area contributed by atoms with Crippen LogP contribution >= 0.6 is 11.3 Å². The topological polar surface area (TPSA) is 35.6 Å². The van der Waals surface area contributed by atoms with E-state index in [1.165, 1.54) is 4.88 Å². The summed E-state index contributed by atoms with van der Waals surface area (Å²) in [6.45, 7) is 9.99. The summed E-state index contributed by atoms with van der Waals surface area (Å²) >= 11 is 1.70. The maximum Gasteiger partial charge on any atom is 0.237 e. The Hall–Kier alpha value is -1.17. The highest BCUT2D eigenvalue weighted by Gasteiger charge is 2.36. The van der Waals surface area contributed by atoms with E-state index < -0.39 is 0 Å². The standard InChI is InChI=1S/C16H23N3OS/c1-2-5-19(11-15-4-3-6-21-15)16(20)12-18-9-13-7-17-8-14(13)10-18/h2-4,6,13-14,17H,1,5,7-12H2/t13-,14+. The van der Waals surface area contributed by atoms with Crippen molar-refractivity contribution in [2.75, 3.05) is 39.3 Å². The summed E-state index contributed by atoms with van der Waals surface area (Å²) in [5, 5.41) is 5.49. The number of nitrogens with one attached hydrogen (secondary N) is 1. The fourth-order valence-electron chi connectivity index (χ4n) is 3.37. The molecule has 5 heteroatoms. The lowest BCUT2D eigenvalue weighted by atomic mass is 10.0. The molecule has 3 heterocycles. The van der Waals surface area contributed by atoms with Crippen molar-refractivity contribution in [3.63, 3.8) is 0 Å². The summed E-state index contributed by atoms with van der Waals surface area (Å²) in [5.41, 5.74) is 0. The molecule has 0 unspecified atom stereocenters. The van der Waals surface area contributed by atoms with Gasteiger partial charge in [0, 0.05) is 24.5 Å². The van der Waals surface area contributed by atoms with E-state index in [4.69, 9.17) is 0 Å². The van der Waals surface area contributed by atoms with Crippen molar-refractivity contribution in [1.82, 2.24) is 15.1 Å². The Morgan fingerprint density at radius 3 is 2.86 bits per heavy atom. The molecule has 1 N–H and O–H groups in total. The van der Waals surface area contributed by atoms with Crippen molar-refractivity contribution in [3.8, 4) is 0 Å². The fourth-order valence-corrected chi connectivity index (χ4v) is 4.09. The minimum absolute atomic E-state index is 0.219. The Bertz CT molecular complexity index is 476. The quantitative estimate of drug-likeness (QED) is 0.807. The maximum absolute atomic E-state index is 12.6. The molecule has 0 spiro atoms. The molecule has 1 aromatic rings. The second-order valence-electron chi connectivity index (χ2n) is 6.01. The smallest absolute Gasteiger partial charge is 0.237 e. The van der Waals surface area contributed by atoms with Crippen LogP contribution < -0.4 is 5.32 Å². The van der Waals surface area contributed by atoms with E-state index in [0.29, 0.717) is 19.6 Å². The van der Waals surface area contributed by atoms with E-state index in [1.54, 1.807) is 11.3 Å². The van der Waals surface area contributed by atoms with Crippen LogP contribution in [0.4, 0.5) is 0 Å². The number of fused-ring (bicyclic) bond motifs is 1. The minimum Gasteiger partial charge on any atom is -0.333 e. The normalized spacial score (nSPS) is 25.0. The van der Waals surface area contributed by atoms with Gasteiger partial charge in [0.1, 0.15) is 0 Å². The molecule has 21 heavy (non-hydrogen) atoms.